The van der Waals surface area contributed by atoms with E-state index in [1.54, 1.807) is 56.5 Å². The molecule has 4 aromatic rings. The van der Waals surface area contributed by atoms with Gasteiger partial charge >= 0.3 is 5.97 Å². The number of esters is 1. The van der Waals surface area contributed by atoms with E-state index in [1.807, 2.05) is 0 Å². The van der Waals surface area contributed by atoms with Gasteiger partial charge in [-0.3, -0.25) is 48.1 Å². The number of carbonyl (C=O) groups excluding carboxylic acids is 9. The van der Waals surface area contributed by atoms with Crippen LogP contribution in [0, 0.1) is 12.7 Å². The van der Waals surface area contributed by atoms with E-state index in [0.29, 0.717) is 83.2 Å². The van der Waals surface area contributed by atoms with Crippen LogP contribution in [-0.4, -0.2) is 130 Å². The van der Waals surface area contributed by atoms with Crippen LogP contribution in [0.1, 0.15) is 96.9 Å². The van der Waals surface area contributed by atoms with Crippen LogP contribution < -0.4 is 37.5 Å². The Kier molecular flexibility index (Phi) is 17.5. The molecule has 2 aromatic carbocycles. The Morgan fingerprint density at radius 2 is 1.64 bits per heavy atom. The molecule has 8 amide bonds. The molecule has 1 fully saturated rings. The molecule has 0 saturated carbocycles. The first-order valence-electron chi connectivity index (χ1n) is 25.4. The number of aryl methyl sites for hydroxylation is 1. The fourth-order valence-corrected chi connectivity index (χ4v) is 10.8. The van der Waals surface area contributed by atoms with Gasteiger partial charge in [-0.15, -0.1) is 0 Å². The lowest BCUT2D eigenvalue weighted by molar-refractivity contribution is -0.172. The summed E-state index contributed by atoms with van der Waals surface area (Å²) in [5, 5.41) is 27.1. The Hall–Kier alpha value is -7.57. The number of halogens is 1. The fourth-order valence-electron chi connectivity index (χ4n) is 10.2. The molecule has 24 heteroatoms. The maximum Gasteiger partial charge on any atom is 0.343 e. The number of amides is 8. The zero-order valence-electron chi connectivity index (χ0n) is 42.8. The van der Waals surface area contributed by atoms with Gasteiger partial charge in [-0.2, -0.15) is 11.8 Å². The molecule has 0 bridgehead atoms. The first kappa shape index (κ1) is 55.7. The van der Waals surface area contributed by atoms with Gasteiger partial charge in [0, 0.05) is 48.4 Å². The summed E-state index contributed by atoms with van der Waals surface area (Å²) in [6.07, 6.45) is 4.46. The molecule has 5 heterocycles. The third kappa shape index (κ3) is 12.2. The number of benzene rings is 2. The predicted octanol–water partition coefficient (Wildman–Crippen LogP) is 0.848. The van der Waals surface area contributed by atoms with Crippen LogP contribution in [0.2, 0.25) is 0 Å². The summed E-state index contributed by atoms with van der Waals surface area (Å²) in [4.78, 5) is 135. The van der Waals surface area contributed by atoms with Gasteiger partial charge in [-0.25, -0.2) is 14.2 Å². The zero-order valence-corrected chi connectivity index (χ0v) is 43.6. The van der Waals surface area contributed by atoms with Crippen molar-refractivity contribution < 1.29 is 62.1 Å². The summed E-state index contributed by atoms with van der Waals surface area (Å²) in [6.45, 7) is 0.938. The second-order valence-electron chi connectivity index (χ2n) is 19.3. The molecule has 1 unspecified atom stereocenters. The van der Waals surface area contributed by atoms with E-state index in [1.165, 1.54) is 27.3 Å². The van der Waals surface area contributed by atoms with E-state index >= 15 is 4.39 Å². The average Bonchev–Trinajstić information content (AvgIpc) is 4.20. The number of likely N-dealkylation sites (tertiary alicyclic amines) is 1. The largest absolute Gasteiger partial charge is 0.458 e. The normalized spacial score (nSPS) is 18.4. The number of aliphatic hydroxyl groups is 1. The number of hydrogen-bond donors (Lipinski definition) is 7. The van der Waals surface area contributed by atoms with Gasteiger partial charge in [0.05, 0.1) is 59.9 Å². The summed E-state index contributed by atoms with van der Waals surface area (Å²) in [6, 6.07) is 9.84. The molecule has 4 aliphatic rings. The van der Waals surface area contributed by atoms with Gasteiger partial charge in [-0.05, 0) is 73.6 Å². The molecule has 1 saturated heterocycles. The minimum absolute atomic E-state index is 0.0380. The first-order valence-corrected chi connectivity index (χ1v) is 26.7. The second kappa shape index (κ2) is 24.2. The maximum atomic E-state index is 15.4. The van der Waals surface area contributed by atoms with Gasteiger partial charge in [0.1, 0.15) is 31.8 Å². The van der Waals surface area contributed by atoms with Crippen molar-refractivity contribution in [3.63, 3.8) is 0 Å². The Balaban J connectivity index is 0.795. The number of rotatable bonds is 23. The molecular weight excluding hydrogens is 1020 g/mol. The fraction of sp³-hybridized carbons (Fsp3) is 0.453. The Morgan fingerprint density at radius 1 is 0.909 bits per heavy atom. The van der Waals surface area contributed by atoms with Crippen molar-refractivity contribution >= 4 is 75.9 Å². The number of pyridine rings is 2. The Morgan fingerprint density at radius 3 is 2.38 bits per heavy atom. The van der Waals surface area contributed by atoms with Gasteiger partial charge in [-0.1, -0.05) is 43.7 Å². The highest BCUT2D eigenvalue weighted by Crippen LogP contribution is 2.46. The lowest BCUT2D eigenvalue weighted by Gasteiger charge is -2.31. The molecule has 408 valence electrons. The molecule has 22 nitrogen and oxygen atoms in total. The van der Waals surface area contributed by atoms with Crippen LogP contribution in [0.25, 0.3) is 22.3 Å². The highest BCUT2D eigenvalue weighted by Gasteiger charge is 2.46. The lowest BCUT2D eigenvalue weighted by Crippen LogP contribution is -2.52. The van der Waals surface area contributed by atoms with Gasteiger partial charge in [0.25, 0.3) is 5.56 Å². The van der Waals surface area contributed by atoms with Crippen molar-refractivity contribution in [1.82, 2.24) is 46.4 Å². The summed E-state index contributed by atoms with van der Waals surface area (Å²) < 4.78 is 27.5. The molecule has 8 rings (SSSR count). The highest BCUT2D eigenvalue weighted by atomic mass is 32.2. The van der Waals surface area contributed by atoms with Crippen molar-refractivity contribution in [1.29, 1.82) is 0 Å². The maximum absolute atomic E-state index is 15.4. The third-order valence-electron chi connectivity index (χ3n) is 14.3. The van der Waals surface area contributed by atoms with E-state index in [2.05, 4.69) is 31.9 Å². The second-order valence-corrected chi connectivity index (χ2v) is 20.3. The predicted molar refractivity (Wildman–Crippen MR) is 276 cm³/mol. The number of aromatic nitrogens is 2. The van der Waals surface area contributed by atoms with Crippen LogP contribution in [0.3, 0.4) is 0 Å². The number of imide groups is 1. The number of nitrogens with zero attached hydrogens (tertiary/aromatic N) is 3. The van der Waals surface area contributed by atoms with Gasteiger partial charge in [0.2, 0.25) is 47.3 Å². The Bertz CT molecular complexity index is 3120. The Labute approximate surface area is 445 Å². The van der Waals surface area contributed by atoms with Crippen molar-refractivity contribution in [3.05, 3.63) is 97.6 Å². The third-order valence-corrected chi connectivity index (χ3v) is 15.3. The van der Waals surface area contributed by atoms with Crippen LogP contribution in [0.5, 0.6) is 0 Å². The average molecular weight is 1080 g/mol. The quantitative estimate of drug-likeness (QED) is 0.0207. The number of carbonyl (C=O) groups is 9. The molecule has 0 radical (unpaired) electrons. The molecule has 0 spiro atoms. The topological polar surface area (TPSA) is 303 Å². The van der Waals surface area contributed by atoms with E-state index < -0.39 is 103 Å². The molecule has 1 aliphatic carbocycles. The zero-order chi connectivity index (χ0) is 55.1. The molecule has 2 aromatic heterocycles. The number of hydrogen-bond acceptors (Lipinski definition) is 15. The molecular formula is C53H60FN9O13S. The molecule has 77 heavy (non-hydrogen) atoms. The van der Waals surface area contributed by atoms with E-state index in [9.17, 15) is 53.1 Å². The van der Waals surface area contributed by atoms with E-state index in [0.717, 1.165) is 5.56 Å². The van der Waals surface area contributed by atoms with Crippen molar-refractivity contribution in [2.75, 3.05) is 45.8 Å². The van der Waals surface area contributed by atoms with Crippen molar-refractivity contribution in [2.24, 2.45) is 0 Å². The number of nitrogens with one attached hydrogen (secondary N) is 6. The summed E-state index contributed by atoms with van der Waals surface area (Å²) in [5.74, 6) is -5.41. The molecule has 4 atom stereocenters. The molecule has 3 aliphatic heterocycles. The van der Waals surface area contributed by atoms with E-state index in [4.69, 9.17) is 14.5 Å². The minimum Gasteiger partial charge on any atom is -0.458 e. The van der Waals surface area contributed by atoms with Gasteiger partial charge < -0.3 is 51.0 Å². The number of ether oxygens (including phenoxy) is 2. The van der Waals surface area contributed by atoms with E-state index in [-0.39, 0.29) is 67.0 Å². The van der Waals surface area contributed by atoms with Crippen LogP contribution in [0.4, 0.5) is 4.39 Å². The lowest BCUT2D eigenvalue weighted by atomic mass is 9.81. The number of unbranched alkanes of at least 4 members (excludes halogenated alkanes) is 2. The summed E-state index contributed by atoms with van der Waals surface area (Å²) in [7, 11) is 0. The highest BCUT2D eigenvalue weighted by molar-refractivity contribution is 8.00. The monoisotopic (exact) mass is 1080 g/mol. The van der Waals surface area contributed by atoms with Crippen LogP contribution in [-0.2, 0) is 84.2 Å². The van der Waals surface area contributed by atoms with Gasteiger partial charge in [0.15, 0.2) is 5.60 Å². The number of cyclic esters (lactones) is 1. The smallest absolute Gasteiger partial charge is 0.343 e. The molecule has 7 N–H and O–H groups in total. The minimum atomic E-state index is -2.05. The SMILES string of the molecule is CC[C@@]1(O)C(=O)OCc2c1cc1n(c2=O)Cc2c-1nc1cc(F)c(C)c3c1c2[C@@H](NC(=O)COCNC(=O)CNC(=O)[C@H](Cc1ccccc1)NC(=O)CNC(=O)CNC(=O)CCCCCN1C(=O)CC(SC)C1=O)CC3. The first-order chi connectivity index (χ1) is 36.9. The number of thioether (sulfide) groups is 1. The summed E-state index contributed by atoms with van der Waals surface area (Å²) in [5.41, 5.74) is 1.84. The number of fused-ring (bicyclic) bond motifs is 5. The van der Waals surface area contributed by atoms with Crippen molar-refractivity contribution in [2.45, 2.75) is 108 Å². The standard InChI is InChI=1S/C53H60FN9O13S/c1-4-53(74)33-18-38-48-31(24-63(38)50(71)32(33)25-76-52(53)73)47-35(15-14-30-28(2)34(54)19-36(61-48)46(30)47)59-44(68)26-75-27-58-42(66)22-57-49(70)37(17-29-11-7-5-8-12-29)60-43(67)23-56-41(65)21-55-40(64)13-9-6-10-16-62-45(69)20-39(77-3)51(62)72/h5,7-8,11-12,18-19,35,37,39,74H,4,6,9-10,13-17,20-27H2,1-3H3,(H,55,64)(H,56,65)(H,57,70)(H,58,66)(H,59,68)(H,60,67)/t35-,37-,39?,53-/m0/s1. The van der Waals surface area contributed by atoms with Crippen LogP contribution >= 0.6 is 11.8 Å². The van der Waals surface area contributed by atoms with Crippen molar-refractivity contribution in [3.8, 4) is 11.4 Å². The van der Waals surface area contributed by atoms with Crippen LogP contribution in [0.15, 0.2) is 47.3 Å². The summed E-state index contributed by atoms with van der Waals surface area (Å²) >= 11 is 1.34.